The van der Waals surface area contributed by atoms with E-state index in [2.05, 4.69) is 30.4 Å². The molecule has 0 unspecified atom stereocenters. The molecule has 1 nitrogen and oxygen atoms in total. The van der Waals surface area contributed by atoms with Crippen LogP contribution >= 0.6 is 34.9 Å². The molecular weight excluding hydrogens is 273 g/mol. The summed E-state index contributed by atoms with van der Waals surface area (Å²) < 4.78 is 7.10. The minimum atomic E-state index is 0.627. The summed E-state index contributed by atoms with van der Waals surface area (Å²) in [5.74, 6) is 2.61. The predicted octanol–water partition coefficient (Wildman–Crippen LogP) is 1.03. The molecule has 0 radical (unpaired) electrons. The molecule has 0 bridgehead atoms. The summed E-state index contributed by atoms with van der Waals surface area (Å²) in [6, 6.07) is 0. The van der Waals surface area contributed by atoms with Crippen LogP contribution in [-0.2, 0) is 0 Å². The molecule has 2 rings (SSSR count). The Labute approximate surface area is 90.6 Å². The van der Waals surface area contributed by atoms with Crippen molar-refractivity contribution in [1.82, 2.24) is 4.58 Å². The van der Waals surface area contributed by atoms with Crippen LogP contribution in [0.15, 0.2) is 7.98 Å². The van der Waals surface area contributed by atoms with E-state index in [1.807, 2.05) is 23.1 Å². The van der Waals surface area contributed by atoms with Gasteiger partial charge in [-0.2, -0.15) is 0 Å². The van der Waals surface area contributed by atoms with Gasteiger partial charge in [0.05, 0.1) is 0 Å². The normalized spacial score (nSPS) is 15.8. The maximum absolute atomic E-state index is 2.27. The van der Waals surface area contributed by atoms with Crippen LogP contribution in [-0.4, -0.2) is 40.1 Å². The molecular formula is C7H10NS3Se+. The molecule has 2 heterocycles. The second-order valence-electron chi connectivity index (χ2n) is 2.64. The Bertz CT molecular complexity index is 321. The van der Waals surface area contributed by atoms with E-state index in [0.717, 1.165) is 0 Å². The summed E-state index contributed by atoms with van der Waals surface area (Å²) >= 11 is 6.74. The zero-order chi connectivity index (χ0) is 8.55. The summed E-state index contributed by atoms with van der Waals surface area (Å²) in [4.78, 5) is 0. The third kappa shape index (κ3) is 1.85. The van der Waals surface area contributed by atoms with E-state index in [9.17, 15) is 0 Å². The quantitative estimate of drug-likeness (QED) is 0.517. The van der Waals surface area contributed by atoms with Crippen molar-refractivity contribution in [2.45, 2.75) is 7.98 Å². The Kier molecular flexibility index (Phi) is 3.08. The van der Waals surface area contributed by atoms with Crippen molar-refractivity contribution in [3.05, 3.63) is 3.54 Å². The molecule has 1 aliphatic rings. The van der Waals surface area contributed by atoms with Crippen LogP contribution < -0.4 is 8.12 Å². The Hall–Kier alpha value is 0.849. The van der Waals surface area contributed by atoms with Crippen LogP contribution in [0.3, 0.4) is 0 Å². The van der Waals surface area contributed by atoms with E-state index in [4.69, 9.17) is 0 Å². The monoisotopic (exact) mass is 284 g/mol. The number of hydrogen-bond donors (Lipinski definition) is 0. The predicted molar refractivity (Wildman–Crippen MR) is 59.8 cm³/mol. The molecule has 0 aliphatic carbocycles. The average Bonchev–Trinajstić information content (AvgIpc) is 2.46. The third-order valence-electron chi connectivity index (χ3n) is 1.44. The van der Waals surface area contributed by atoms with Crippen LogP contribution in [0.2, 0.25) is 0 Å². The van der Waals surface area contributed by atoms with E-state index >= 15 is 0 Å². The molecule has 12 heavy (non-hydrogen) atoms. The number of hydrogen-bond acceptors (Lipinski definition) is 3. The first-order valence-corrected chi connectivity index (χ1v) is 8.17. The Morgan fingerprint density at radius 3 is 2.67 bits per heavy atom. The molecule has 0 aromatic carbocycles. The van der Waals surface area contributed by atoms with Crippen molar-refractivity contribution in [2.75, 3.05) is 25.6 Å². The molecule has 1 aromatic rings. The number of fused-ring (bicyclic) bond motifs is 1. The van der Waals surface area contributed by atoms with Gasteiger partial charge < -0.3 is 0 Å². The van der Waals surface area contributed by atoms with Crippen LogP contribution in [0, 0.1) is 0 Å². The van der Waals surface area contributed by atoms with Gasteiger partial charge in [-0.05, 0) is 0 Å². The fraction of sp³-hybridized carbons (Fsp3) is 0.571. The first kappa shape index (κ1) is 9.41. The van der Waals surface area contributed by atoms with Crippen molar-refractivity contribution < 1.29 is 0 Å². The van der Waals surface area contributed by atoms with Crippen molar-refractivity contribution in [3.63, 3.8) is 0 Å². The van der Waals surface area contributed by atoms with Gasteiger partial charge in [0.1, 0.15) is 0 Å². The second-order valence-corrected chi connectivity index (χ2v) is 9.37. The molecule has 0 amide bonds. The van der Waals surface area contributed by atoms with Crippen molar-refractivity contribution >= 4 is 49.4 Å². The molecule has 66 valence electrons. The fourth-order valence-corrected chi connectivity index (χ4v) is 9.18. The second kappa shape index (κ2) is 3.93. The van der Waals surface area contributed by atoms with E-state index in [1.54, 1.807) is 11.5 Å². The van der Waals surface area contributed by atoms with Gasteiger partial charge in [-0.25, -0.2) is 0 Å². The summed E-state index contributed by atoms with van der Waals surface area (Å²) in [6.07, 6.45) is 0. The standard InChI is InChI=1S/C7H10NS3Se/c1-8(2)7-11-5-6(12-7)10-4-3-9-5/h3-4H2,1-2H3/q+1. The zero-order valence-electron chi connectivity index (χ0n) is 6.99. The molecule has 0 saturated carbocycles. The topological polar surface area (TPSA) is 3.01 Å². The van der Waals surface area contributed by atoms with Crippen LogP contribution in [0.25, 0.3) is 0 Å². The van der Waals surface area contributed by atoms with Gasteiger partial charge in [0.25, 0.3) is 0 Å². The Morgan fingerprint density at radius 1 is 1.25 bits per heavy atom. The molecule has 0 saturated heterocycles. The summed E-state index contributed by atoms with van der Waals surface area (Å²) in [7, 11) is 4.30. The number of thioether (sulfide) groups is 2. The van der Waals surface area contributed by atoms with Gasteiger partial charge in [-0.15, -0.1) is 0 Å². The van der Waals surface area contributed by atoms with E-state index in [1.165, 1.54) is 11.5 Å². The maximum atomic E-state index is 2.27. The third-order valence-corrected chi connectivity index (χ3v) is 9.91. The molecule has 1 aromatic heterocycles. The summed E-state index contributed by atoms with van der Waals surface area (Å²) in [5.41, 5.74) is 0. The first-order valence-electron chi connectivity index (χ1n) is 3.67. The molecule has 1 aliphatic heterocycles. The van der Waals surface area contributed by atoms with Gasteiger partial charge in [0, 0.05) is 0 Å². The Balaban J connectivity index is 2.52. The fourth-order valence-electron chi connectivity index (χ4n) is 0.891. The minimum absolute atomic E-state index is 0.627. The SMILES string of the molecule is C[N+](C)=c1sc2c([se]1)SCCS2. The summed E-state index contributed by atoms with van der Waals surface area (Å²) in [6.45, 7) is 0. The van der Waals surface area contributed by atoms with E-state index in [0.29, 0.717) is 14.5 Å². The van der Waals surface area contributed by atoms with Crippen LogP contribution in [0.4, 0.5) is 0 Å². The average molecular weight is 283 g/mol. The number of rotatable bonds is 0. The van der Waals surface area contributed by atoms with Crippen molar-refractivity contribution in [1.29, 1.82) is 0 Å². The zero-order valence-corrected chi connectivity index (χ0v) is 11.2. The van der Waals surface area contributed by atoms with E-state index in [-0.39, 0.29) is 0 Å². The van der Waals surface area contributed by atoms with Crippen molar-refractivity contribution in [3.8, 4) is 0 Å². The van der Waals surface area contributed by atoms with Gasteiger partial charge >= 0.3 is 91.1 Å². The van der Waals surface area contributed by atoms with Crippen LogP contribution in [0.5, 0.6) is 0 Å². The molecule has 5 heteroatoms. The summed E-state index contributed by atoms with van der Waals surface area (Å²) in [5, 5.41) is 0. The molecule has 0 N–H and O–H groups in total. The van der Waals surface area contributed by atoms with Gasteiger partial charge in [0.2, 0.25) is 0 Å². The molecule has 0 atom stereocenters. The Morgan fingerprint density at radius 2 is 2.00 bits per heavy atom. The van der Waals surface area contributed by atoms with Crippen molar-refractivity contribution in [2.24, 2.45) is 0 Å². The molecule has 0 spiro atoms. The van der Waals surface area contributed by atoms with Gasteiger partial charge in [0.15, 0.2) is 0 Å². The number of nitrogens with zero attached hydrogens (tertiary/aromatic N) is 1. The molecule has 0 fully saturated rings. The van der Waals surface area contributed by atoms with E-state index < -0.39 is 0 Å². The van der Waals surface area contributed by atoms with Gasteiger partial charge in [-0.3, -0.25) is 0 Å². The first-order chi connectivity index (χ1) is 5.77. The van der Waals surface area contributed by atoms with Crippen LogP contribution in [0.1, 0.15) is 0 Å². The van der Waals surface area contributed by atoms with Gasteiger partial charge in [-0.1, -0.05) is 0 Å².